The molecule has 0 aliphatic carbocycles. The number of benzene rings is 1. The molecular formula is C18H15N3O4. The summed E-state index contributed by atoms with van der Waals surface area (Å²) in [5.41, 5.74) is 1.16. The van der Waals surface area contributed by atoms with Crippen LogP contribution in [0.3, 0.4) is 0 Å². The van der Waals surface area contributed by atoms with Gasteiger partial charge in [0.1, 0.15) is 12.2 Å². The number of carbonyl (C=O) groups is 2. The highest BCUT2D eigenvalue weighted by Gasteiger charge is 2.10. The van der Waals surface area contributed by atoms with Crippen LogP contribution < -0.4 is 10.9 Å². The van der Waals surface area contributed by atoms with Crippen LogP contribution in [0.5, 0.6) is 0 Å². The minimum Gasteiger partial charge on any atom is -0.463 e. The van der Waals surface area contributed by atoms with Crippen molar-refractivity contribution < 1.29 is 14.0 Å². The third-order valence-electron chi connectivity index (χ3n) is 3.51. The molecule has 7 heteroatoms. The lowest BCUT2D eigenvalue weighted by Gasteiger charge is -2.08. The molecule has 0 saturated carbocycles. The number of Topliss-reactive ketones (excluding diaryl/α,β-unsaturated/α-hetero) is 1. The Morgan fingerprint density at radius 2 is 1.88 bits per heavy atom. The molecule has 0 unspecified atom stereocenters. The summed E-state index contributed by atoms with van der Waals surface area (Å²) in [4.78, 5) is 35.3. The monoisotopic (exact) mass is 337 g/mol. The van der Waals surface area contributed by atoms with Crippen LogP contribution in [0.1, 0.15) is 17.3 Å². The van der Waals surface area contributed by atoms with Crippen LogP contribution in [0.4, 0.5) is 5.69 Å². The maximum absolute atomic E-state index is 12.1. The molecule has 1 aromatic carbocycles. The Balaban J connectivity index is 1.73. The van der Waals surface area contributed by atoms with Crippen LogP contribution in [0.2, 0.25) is 0 Å². The molecule has 2 aromatic heterocycles. The van der Waals surface area contributed by atoms with Crippen LogP contribution in [0.15, 0.2) is 64.0 Å². The summed E-state index contributed by atoms with van der Waals surface area (Å²) >= 11 is 0. The maximum atomic E-state index is 12.1. The molecule has 25 heavy (non-hydrogen) atoms. The molecule has 0 bridgehead atoms. The fraction of sp³-hybridized carbons (Fsp3) is 0.111. The molecular weight excluding hydrogens is 322 g/mol. The zero-order valence-electron chi connectivity index (χ0n) is 13.4. The van der Waals surface area contributed by atoms with E-state index in [0.29, 0.717) is 22.7 Å². The number of furan rings is 1. The van der Waals surface area contributed by atoms with Crippen LogP contribution >= 0.6 is 0 Å². The number of amides is 1. The first-order chi connectivity index (χ1) is 12.0. The van der Waals surface area contributed by atoms with Crippen molar-refractivity contribution >= 4 is 17.4 Å². The Kier molecular flexibility index (Phi) is 4.56. The first-order valence-corrected chi connectivity index (χ1v) is 7.56. The Labute approximate surface area is 142 Å². The molecule has 2 heterocycles. The lowest BCUT2D eigenvalue weighted by molar-refractivity contribution is -0.117. The second kappa shape index (κ2) is 6.96. The molecule has 0 atom stereocenters. The maximum Gasteiger partial charge on any atom is 0.267 e. The van der Waals surface area contributed by atoms with E-state index in [2.05, 4.69) is 10.4 Å². The number of ketones is 1. The standard InChI is InChI=1S/C18H15N3O4/c1-12(22)13-4-6-14(7-5-13)19-17(23)11-21-18(24)9-8-15(20-21)16-3-2-10-25-16/h2-10H,11H2,1H3,(H,19,23). The van der Waals surface area contributed by atoms with Gasteiger partial charge in [0.15, 0.2) is 11.5 Å². The van der Waals surface area contributed by atoms with Gasteiger partial charge in [0.2, 0.25) is 5.91 Å². The average Bonchev–Trinajstić information content (AvgIpc) is 3.12. The quantitative estimate of drug-likeness (QED) is 0.721. The third kappa shape index (κ3) is 3.89. The van der Waals surface area contributed by atoms with E-state index in [1.54, 1.807) is 36.4 Å². The van der Waals surface area contributed by atoms with Crippen molar-refractivity contribution in [3.8, 4) is 11.5 Å². The molecule has 0 fully saturated rings. The fourth-order valence-electron chi connectivity index (χ4n) is 2.24. The van der Waals surface area contributed by atoms with Gasteiger partial charge in [0.25, 0.3) is 5.56 Å². The normalized spacial score (nSPS) is 10.4. The topological polar surface area (TPSA) is 94.2 Å². The summed E-state index contributed by atoms with van der Waals surface area (Å²) in [6.07, 6.45) is 1.50. The van der Waals surface area contributed by atoms with Gasteiger partial charge in [-0.05, 0) is 49.4 Å². The van der Waals surface area contributed by atoms with E-state index < -0.39 is 11.5 Å². The number of nitrogens with zero attached hydrogens (tertiary/aromatic N) is 2. The van der Waals surface area contributed by atoms with Gasteiger partial charge in [-0.2, -0.15) is 5.10 Å². The Bertz CT molecular complexity index is 957. The van der Waals surface area contributed by atoms with Crippen molar-refractivity contribution in [2.24, 2.45) is 0 Å². The number of nitrogens with one attached hydrogen (secondary N) is 1. The molecule has 1 amide bonds. The van der Waals surface area contributed by atoms with Crippen molar-refractivity contribution in [1.29, 1.82) is 0 Å². The van der Waals surface area contributed by atoms with Gasteiger partial charge in [0, 0.05) is 17.3 Å². The lowest BCUT2D eigenvalue weighted by Crippen LogP contribution is -2.29. The Morgan fingerprint density at radius 3 is 2.52 bits per heavy atom. The average molecular weight is 337 g/mol. The van der Waals surface area contributed by atoms with E-state index in [1.165, 1.54) is 25.3 Å². The highest BCUT2D eigenvalue weighted by atomic mass is 16.3. The molecule has 0 aliphatic rings. The van der Waals surface area contributed by atoms with Crippen LogP contribution in [-0.4, -0.2) is 21.5 Å². The molecule has 7 nitrogen and oxygen atoms in total. The smallest absolute Gasteiger partial charge is 0.267 e. The molecule has 0 aliphatic heterocycles. The van der Waals surface area contributed by atoms with E-state index in [9.17, 15) is 14.4 Å². The first-order valence-electron chi connectivity index (χ1n) is 7.56. The lowest BCUT2D eigenvalue weighted by atomic mass is 10.1. The van der Waals surface area contributed by atoms with Crippen molar-refractivity contribution in [2.75, 3.05) is 5.32 Å². The molecule has 126 valence electrons. The zero-order chi connectivity index (χ0) is 17.8. The summed E-state index contributed by atoms with van der Waals surface area (Å²) in [5, 5.41) is 6.80. The minimum atomic E-state index is -0.401. The van der Waals surface area contributed by atoms with Gasteiger partial charge in [-0.3, -0.25) is 14.4 Å². The highest BCUT2D eigenvalue weighted by Crippen LogP contribution is 2.15. The summed E-state index contributed by atoms with van der Waals surface area (Å²) in [5.74, 6) is 0.0547. The van der Waals surface area contributed by atoms with Gasteiger partial charge >= 0.3 is 0 Å². The van der Waals surface area contributed by atoms with Gasteiger partial charge < -0.3 is 9.73 Å². The van der Waals surface area contributed by atoms with Gasteiger partial charge in [-0.25, -0.2) is 4.68 Å². The number of rotatable bonds is 5. The number of aromatic nitrogens is 2. The van der Waals surface area contributed by atoms with Crippen molar-refractivity contribution in [2.45, 2.75) is 13.5 Å². The van der Waals surface area contributed by atoms with E-state index >= 15 is 0 Å². The Hall–Kier alpha value is -3.48. The number of anilines is 1. The summed E-state index contributed by atoms with van der Waals surface area (Å²) in [7, 11) is 0. The molecule has 0 saturated heterocycles. The van der Waals surface area contributed by atoms with E-state index in [1.807, 2.05) is 0 Å². The predicted molar refractivity (Wildman–Crippen MR) is 91.3 cm³/mol. The summed E-state index contributed by atoms with van der Waals surface area (Å²) < 4.78 is 6.31. The van der Waals surface area contributed by atoms with Crippen LogP contribution in [-0.2, 0) is 11.3 Å². The number of hydrogen-bond acceptors (Lipinski definition) is 5. The molecule has 0 radical (unpaired) electrons. The van der Waals surface area contributed by atoms with Crippen molar-refractivity contribution in [3.63, 3.8) is 0 Å². The second-order valence-corrected chi connectivity index (χ2v) is 5.37. The first kappa shape index (κ1) is 16.4. The fourth-order valence-corrected chi connectivity index (χ4v) is 2.24. The largest absolute Gasteiger partial charge is 0.463 e. The minimum absolute atomic E-state index is 0.0524. The second-order valence-electron chi connectivity index (χ2n) is 5.37. The van der Waals surface area contributed by atoms with E-state index in [0.717, 1.165) is 4.68 Å². The molecule has 3 aromatic rings. The zero-order valence-corrected chi connectivity index (χ0v) is 13.4. The van der Waals surface area contributed by atoms with Crippen LogP contribution in [0.25, 0.3) is 11.5 Å². The van der Waals surface area contributed by atoms with Gasteiger partial charge in [0.05, 0.1) is 6.26 Å². The summed E-state index contributed by atoms with van der Waals surface area (Å²) in [6.45, 7) is 1.24. The van der Waals surface area contributed by atoms with E-state index in [-0.39, 0.29) is 12.3 Å². The predicted octanol–water partition coefficient (Wildman–Crippen LogP) is 2.34. The number of hydrogen-bond donors (Lipinski definition) is 1. The number of carbonyl (C=O) groups excluding carboxylic acids is 2. The van der Waals surface area contributed by atoms with Crippen LogP contribution in [0, 0.1) is 0 Å². The SMILES string of the molecule is CC(=O)c1ccc(NC(=O)Cn2nc(-c3ccco3)ccc2=O)cc1. The highest BCUT2D eigenvalue weighted by molar-refractivity contribution is 5.95. The van der Waals surface area contributed by atoms with Gasteiger partial charge in [-0.15, -0.1) is 0 Å². The summed E-state index contributed by atoms with van der Waals surface area (Å²) in [6, 6.07) is 12.8. The molecule has 1 N–H and O–H groups in total. The van der Waals surface area contributed by atoms with Gasteiger partial charge in [-0.1, -0.05) is 0 Å². The van der Waals surface area contributed by atoms with Crippen molar-refractivity contribution in [1.82, 2.24) is 9.78 Å². The molecule has 0 spiro atoms. The molecule has 3 rings (SSSR count). The van der Waals surface area contributed by atoms with E-state index in [4.69, 9.17) is 4.42 Å². The third-order valence-corrected chi connectivity index (χ3v) is 3.51. The van der Waals surface area contributed by atoms with Crippen molar-refractivity contribution in [3.05, 3.63) is 70.7 Å². The Morgan fingerprint density at radius 1 is 1.12 bits per heavy atom.